The van der Waals surface area contributed by atoms with E-state index in [2.05, 4.69) is 24.0 Å². The first-order valence-electron chi connectivity index (χ1n) is 10.9. The van der Waals surface area contributed by atoms with Gasteiger partial charge in [0.2, 0.25) is 0 Å². The molecule has 0 amide bonds. The summed E-state index contributed by atoms with van der Waals surface area (Å²) in [6.07, 6.45) is 1.68. The van der Waals surface area contributed by atoms with Crippen LogP contribution in [0.25, 0.3) is 10.8 Å². The Labute approximate surface area is 189 Å². The van der Waals surface area contributed by atoms with Crippen LogP contribution in [0.1, 0.15) is 37.0 Å². The van der Waals surface area contributed by atoms with E-state index in [0.717, 1.165) is 42.3 Å². The number of hydrogen-bond acceptors (Lipinski definition) is 4. The third-order valence-electron chi connectivity index (χ3n) is 6.34. The van der Waals surface area contributed by atoms with Crippen LogP contribution in [0.4, 0.5) is 0 Å². The Morgan fingerprint density at radius 1 is 1.06 bits per heavy atom. The highest BCUT2D eigenvalue weighted by Gasteiger charge is 2.28. The van der Waals surface area contributed by atoms with Crippen molar-refractivity contribution < 1.29 is 14.6 Å². The van der Waals surface area contributed by atoms with E-state index in [9.17, 15) is 5.11 Å². The van der Waals surface area contributed by atoms with E-state index in [0.29, 0.717) is 17.4 Å². The molecule has 164 valence electrons. The smallest absolute Gasteiger partial charge is 0.138 e. The molecule has 5 heteroatoms. The number of methoxy groups -OCH3 is 1. The number of hydrogen-bond donors (Lipinski definition) is 1. The molecule has 0 aromatic heterocycles. The Morgan fingerprint density at radius 2 is 1.81 bits per heavy atom. The summed E-state index contributed by atoms with van der Waals surface area (Å²) < 4.78 is 11.4. The lowest BCUT2D eigenvalue weighted by Crippen LogP contribution is -2.44. The molecular weight excluding hydrogens is 410 g/mol. The van der Waals surface area contributed by atoms with Crippen molar-refractivity contribution >= 4 is 22.4 Å². The maximum absolute atomic E-state index is 11.1. The highest BCUT2D eigenvalue weighted by Crippen LogP contribution is 2.34. The lowest BCUT2D eigenvalue weighted by atomic mass is 9.97. The first-order chi connectivity index (χ1) is 15.1. The third-order valence-corrected chi connectivity index (χ3v) is 6.73. The topological polar surface area (TPSA) is 41.9 Å². The minimum absolute atomic E-state index is 0.0289. The number of ether oxygens (including phenoxy) is 2. The molecule has 4 nitrogen and oxygen atoms in total. The van der Waals surface area contributed by atoms with Crippen LogP contribution in [-0.4, -0.2) is 42.4 Å². The number of aliphatic hydroxyl groups excluding tert-OH is 1. The second kappa shape index (κ2) is 10.0. The Balaban J connectivity index is 1.35. The molecule has 1 aliphatic rings. The van der Waals surface area contributed by atoms with Gasteiger partial charge >= 0.3 is 0 Å². The molecular formula is C26H30ClNO3. The molecule has 3 aromatic rings. The molecule has 0 spiro atoms. The quantitative estimate of drug-likeness (QED) is 0.520. The van der Waals surface area contributed by atoms with Crippen molar-refractivity contribution in [2.75, 3.05) is 20.2 Å². The minimum atomic E-state index is -0.563. The summed E-state index contributed by atoms with van der Waals surface area (Å²) >= 11 is 6.43. The van der Waals surface area contributed by atoms with Crippen LogP contribution in [0.3, 0.4) is 0 Å². The van der Waals surface area contributed by atoms with Crippen LogP contribution in [0.15, 0.2) is 60.7 Å². The SMILES string of the molecule is COc1ccc2cc(C(O)C(C)N3CCC(OCc4ccccc4)CC3)ccc2c1Cl. The van der Waals surface area contributed by atoms with Crippen molar-refractivity contribution in [3.8, 4) is 5.75 Å². The van der Waals surface area contributed by atoms with Crippen LogP contribution in [-0.2, 0) is 11.3 Å². The van der Waals surface area contributed by atoms with Crippen molar-refractivity contribution in [1.82, 2.24) is 4.90 Å². The summed E-state index contributed by atoms with van der Waals surface area (Å²) in [6, 6.07) is 20.1. The summed E-state index contributed by atoms with van der Waals surface area (Å²) in [5, 5.41) is 13.6. The molecule has 1 saturated heterocycles. The second-order valence-corrected chi connectivity index (χ2v) is 8.66. The highest BCUT2D eigenvalue weighted by molar-refractivity contribution is 6.37. The molecule has 2 unspecified atom stereocenters. The number of likely N-dealkylation sites (tertiary alicyclic amines) is 1. The number of nitrogens with zero attached hydrogens (tertiary/aromatic N) is 1. The molecule has 0 saturated carbocycles. The number of piperidine rings is 1. The predicted octanol–water partition coefficient (Wildman–Crippen LogP) is 5.60. The van der Waals surface area contributed by atoms with Gasteiger partial charge in [-0.1, -0.05) is 60.1 Å². The largest absolute Gasteiger partial charge is 0.495 e. The molecule has 0 aliphatic carbocycles. The average Bonchev–Trinajstić information content (AvgIpc) is 2.83. The van der Waals surface area contributed by atoms with Crippen LogP contribution in [0, 0.1) is 0 Å². The van der Waals surface area contributed by atoms with E-state index < -0.39 is 6.10 Å². The lowest BCUT2D eigenvalue weighted by molar-refractivity contribution is -0.0269. The van der Waals surface area contributed by atoms with E-state index in [1.807, 2.05) is 48.5 Å². The zero-order valence-corrected chi connectivity index (χ0v) is 18.9. The van der Waals surface area contributed by atoms with Crippen LogP contribution >= 0.6 is 11.6 Å². The van der Waals surface area contributed by atoms with Crippen molar-refractivity contribution in [3.05, 3.63) is 76.8 Å². The Morgan fingerprint density at radius 3 is 2.52 bits per heavy atom. The van der Waals surface area contributed by atoms with Gasteiger partial charge in [-0.05, 0) is 48.4 Å². The Bertz CT molecular complexity index is 1000. The summed E-state index contributed by atoms with van der Waals surface area (Å²) in [6.45, 7) is 4.61. The summed E-state index contributed by atoms with van der Waals surface area (Å²) in [7, 11) is 1.61. The van der Waals surface area contributed by atoms with E-state index >= 15 is 0 Å². The third kappa shape index (κ3) is 5.04. The average molecular weight is 440 g/mol. The van der Waals surface area contributed by atoms with Crippen molar-refractivity contribution in [1.29, 1.82) is 0 Å². The zero-order chi connectivity index (χ0) is 21.8. The van der Waals surface area contributed by atoms with E-state index in [1.165, 1.54) is 5.56 Å². The first-order valence-corrected chi connectivity index (χ1v) is 11.3. The summed E-state index contributed by atoms with van der Waals surface area (Å²) in [5.41, 5.74) is 2.12. The summed E-state index contributed by atoms with van der Waals surface area (Å²) in [4.78, 5) is 2.36. The van der Waals surface area contributed by atoms with Crippen LogP contribution in [0.5, 0.6) is 5.75 Å². The van der Waals surface area contributed by atoms with Gasteiger partial charge in [0.15, 0.2) is 0 Å². The fourth-order valence-corrected chi connectivity index (χ4v) is 4.66. The van der Waals surface area contributed by atoms with Gasteiger partial charge in [-0.3, -0.25) is 4.90 Å². The molecule has 1 heterocycles. The number of fused-ring (bicyclic) bond motifs is 1. The van der Waals surface area contributed by atoms with Crippen molar-refractivity contribution in [2.24, 2.45) is 0 Å². The highest BCUT2D eigenvalue weighted by atomic mass is 35.5. The number of aliphatic hydroxyl groups is 1. The maximum Gasteiger partial charge on any atom is 0.138 e. The fraction of sp³-hybridized carbons (Fsp3) is 0.385. The van der Waals surface area contributed by atoms with Crippen molar-refractivity contribution in [2.45, 2.75) is 44.6 Å². The minimum Gasteiger partial charge on any atom is -0.495 e. The Kier molecular flexibility index (Phi) is 7.13. The summed E-state index contributed by atoms with van der Waals surface area (Å²) in [5.74, 6) is 0.660. The molecule has 4 rings (SSSR count). The van der Waals surface area contributed by atoms with E-state index in [1.54, 1.807) is 7.11 Å². The second-order valence-electron chi connectivity index (χ2n) is 8.28. The van der Waals surface area contributed by atoms with E-state index in [-0.39, 0.29) is 12.1 Å². The molecule has 1 fully saturated rings. The van der Waals surface area contributed by atoms with Gasteiger partial charge in [0.1, 0.15) is 5.75 Å². The van der Waals surface area contributed by atoms with Crippen molar-refractivity contribution in [3.63, 3.8) is 0 Å². The van der Waals surface area contributed by atoms with Gasteiger partial charge in [0.25, 0.3) is 0 Å². The molecule has 2 atom stereocenters. The van der Waals surface area contributed by atoms with Gasteiger partial charge in [0, 0.05) is 24.5 Å². The number of rotatable bonds is 7. The maximum atomic E-state index is 11.1. The molecule has 3 aromatic carbocycles. The zero-order valence-electron chi connectivity index (χ0n) is 18.1. The number of halogens is 1. The van der Waals surface area contributed by atoms with Gasteiger partial charge in [0.05, 0.1) is 30.9 Å². The standard InChI is InChI=1S/C26H30ClNO3/c1-18(28-14-12-22(13-15-28)31-17-19-6-4-3-5-7-19)26(29)21-8-10-23-20(16-21)9-11-24(30-2)25(23)27/h3-11,16,18,22,26,29H,12-15,17H2,1-2H3. The number of benzene rings is 3. The van der Waals surface area contributed by atoms with Gasteiger partial charge in [-0.25, -0.2) is 0 Å². The van der Waals surface area contributed by atoms with Gasteiger partial charge in [-0.15, -0.1) is 0 Å². The van der Waals surface area contributed by atoms with Crippen LogP contribution in [0.2, 0.25) is 5.02 Å². The van der Waals surface area contributed by atoms with Gasteiger partial charge < -0.3 is 14.6 Å². The Hall–Kier alpha value is -2.11. The molecule has 1 N–H and O–H groups in total. The molecule has 0 bridgehead atoms. The molecule has 1 aliphatic heterocycles. The lowest BCUT2D eigenvalue weighted by Gasteiger charge is -2.38. The normalized spacial score (nSPS) is 17.5. The monoisotopic (exact) mass is 439 g/mol. The van der Waals surface area contributed by atoms with E-state index in [4.69, 9.17) is 21.1 Å². The first kappa shape index (κ1) is 22.1. The van der Waals surface area contributed by atoms with Crippen LogP contribution < -0.4 is 4.74 Å². The fourth-order valence-electron chi connectivity index (χ4n) is 4.35. The molecule has 0 radical (unpaired) electrons. The van der Waals surface area contributed by atoms with Gasteiger partial charge in [-0.2, -0.15) is 0 Å². The predicted molar refractivity (Wildman–Crippen MR) is 126 cm³/mol. The molecule has 31 heavy (non-hydrogen) atoms.